The molecule has 0 aliphatic heterocycles. The minimum atomic E-state index is -0.0648. The molecule has 1 N–H and O–H groups in total. The summed E-state index contributed by atoms with van der Waals surface area (Å²) in [5, 5.41) is 2.92. The number of amides is 1. The molecule has 4 rings (SSSR count). The number of aryl methyl sites for hydroxylation is 3. The number of fused-ring (bicyclic) bond motifs is 2. The first-order valence-corrected chi connectivity index (χ1v) is 10.0. The molecule has 2 aromatic carbocycles. The third-order valence-electron chi connectivity index (χ3n) is 5.42. The van der Waals surface area contributed by atoms with Crippen LogP contribution in [-0.4, -0.2) is 27.8 Å². The Morgan fingerprint density at radius 3 is 2.82 bits per heavy atom. The summed E-state index contributed by atoms with van der Waals surface area (Å²) >= 11 is 0. The summed E-state index contributed by atoms with van der Waals surface area (Å²) in [6.07, 6.45) is 6.50. The van der Waals surface area contributed by atoms with Crippen LogP contribution in [0.25, 0.3) is 11.0 Å². The average molecular weight is 375 g/mol. The molecule has 5 nitrogen and oxygen atoms in total. The van der Waals surface area contributed by atoms with Gasteiger partial charge in [-0.15, -0.1) is 0 Å². The molecule has 0 radical (unpaired) electrons. The number of nitrogens with one attached hydrogen (secondary N) is 1. The SMILES string of the molecule is O=C(CCC(=O)c1ccc2c(c1)CCC2)NCCCn1cnc2ccccc21. The normalized spacial score (nSPS) is 12.9. The van der Waals surface area contributed by atoms with Crippen molar-refractivity contribution in [1.29, 1.82) is 0 Å². The molecule has 0 atom stereocenters. The topological polar surface area (TPSA) is 64.0 Å². The average Bonchev–Trinajstić information content (AvgIpc) is 3.35. The lowest BCUT2D eigenvalue weighted by Crippen LogP contribution is -2.25. The number of carbonyl (C=O) groups is 2. The first-order valence-electron chi connectivity index (χ1n) is 10.0. The van der Waals surface area contributed by atoms with Crippen LogP contribution in [0.2, 0.25) is 0 Å². The van der Waals surface area contributed by atoms with Gasteiger partial charge in [-0.2, -0.15) is 0 Å². The summed E-state index contributed by atoms with van der Waals surface area (Å²) in [7, 11) is 0. The Balaban J connectivity index is 1.19. The summed E-state index contributed by atoms with van der Waals surface area (Å²) in [5.41, 5.74) is 5.48. The molecule has 3 aromatic rings. The highest BCUT2D eigenvalue weighted by Crippen LogP contribution is 2.23. The van der Waals surface area contributed by atoms with Crippen LogP contribution in [0.3, 0.4) is 0 Å². The fraction of sp³-hybridized carbons (Fsp3) is 0.348. The molecule has 0 bridgehead atoms. The summed E-state index contributed by atoms with van der Waals surface area (Å²) in [5.74, 6) is -0.0141. The number of nitrogens with zero attached hydrogens (tertiary/aromatic N) is 2. The van der Waals surface area contributed by atoms with Crippen LogP contribution in [0.15, 0.2) is 48.8 Å². The zero-order valence-corrected chi connectivity index (χ0v) is 16.0. The van der Waals surface area contributed by atoms with Crippen molar-refractivity contribution in [2.75, 3.05) is 6.54 Å². The van der Waals surface area contributed by atoms with E-state index in [0.717, 1.165) is 42.4 Å². The first-order chi connectivity index (χ1) is 13.7. The number of rotatable bonds is 8. The Morgan fingerprint density at radius 1 is 1.04 bits per heavy atom. The molecule has 144 valence electrons. The molecule has 1 heterocycles. The summed E-state index contributed by atoms with van der Waals surface area (Å²) in [6, 6.07) is 14.0. The molecule has 1 aliphatic rings. The van der Waals surface area contributed by atoms with E-state index in [-0.39, 0.29) is 24.5 Å². The van der Waals surface area contributed by atoms with Crippen LogP contribution in [0.5, 0.6) is 0 Å². The fourth-order valence-corrected chi connectivity index (χ4v) is 3.87. The predicted octanol–water partition coefficient (Wildman–Crippen LogP) is 3.69. The summed E-state index contributed by atoms with van der Waals surface area (Å²) in [4.78, 5) is 28.8. The van der Waals surface area contributed by atoms with Crippen LogP contribution in [-0.2, 0) is 24.2 Å². The molecule has 0 unspecified atom stereocenters. The Bertz CT molecular complexity index is 1010. The van der Waals surface area contributed by atoms with E-state index >= 15 is 0 Å². The number of hydrogen-bond acceptors (Lipinski definition) is 3. The Hall–Kier alpha value is -2.95. The second-order valence-electron chi connectivity index (χ2n) is 7.39. The molecule has 5 heteroatoms. The quantitative estimate of drug-likeness (QED) is 0.482. The van der Waals surface area contributed by atoms with Crippen molar-refractivity contribution < 1.29 is 9.59 Å². The van der Waals surface area contributed by atoms with E-state index in [0.29, 0.717) is 6.54 Å². The van der Waals surface area contributed by atoms with E-state index in [2.05, 4.69) is 20.9 Å². The van der Waals surface area contributed by atoms with Crippen molar-refractivity contribution in [2.45, 2.75) is 45.1 Å². The molecule has 1 aliphatic carbocycles. The molecule has 1 aromatic heterocycles. The van der Waals surface area contributed by atoms with Gasteiger partial charge in [-0.1, -0.05) is 24.3 Å². The molecule has 28 heavy (non-hydrogen) atoms. The largest absolute Gasteiger partial charge is 0.356 e. The van der Waals surface area contributed by atoms with E-state index < -0.39 is 0 Å². The smallest absolute Gasteiger partial charge is 0.220 e. The molecule has 0 saturated carbocycles. The predicted molar refractivity (Wildman–Crippen MR) is 109 cm³/mol. The van der Waals surface area contributed by atoms with Gasteiger partial charge in [0.1, 0.15) is 0 Å². The monoisotopic (exact) mass is 375 g/mol. The van der Waals surface area contributed by atoms with Gasteiger partial charge in [0, 0.05) is 31.5 Å². The number of benzene rings is 2. The number of ketones is 1. The Labute approximate surface area is 164 Å². The maximum Gasteiger partial charge on any atom is 0.220 e. The van der Waals surface area contributed by atoms with Crippen molar-refractivity contribution in [1.82, 2.24) is 14.9 Å². The van der Waals surface area contributed by atoms with Gasteiger partial charge in [0.25, 0.3) is 0 Å². The van der Waals surface area contributed by atoms with Crippen LogP contribution < -0.4 is 5.32 Å². The molecular formula is C23H25N3O2. The second kappa shape index (κ2) is 8.38. The van der Waals surface area contributed by atoms with Gasteiger partial charge in [-0.25, -0.2) is 4.98 Å². The lowest BCUT2D eigenvalue weighted by atomic mass is 10.0. The summed E-state index contributed by atoms with van der Waals surface area (Å²) < 4.78 is 2.10. The van der Waals surface area contributed by atoms with Gasteiger partial charge in [0.2, 0.25) is 5.91 Å². The standard InChI is InChI=1S/C23H25N3O2/c27-22(19-10-9-17-5-3-6-18(17)15-19)11-12-23(28)24-13-4-14-26-16-25-20-7-1-2-8-21(20)26/h1-2,7-10,15-16H,3-6,11-14H2,(H,24,28). The van der Waals surface area contributed by atoms with Crippen molar-refractivity contribution in [3.8, 4) is 0 Å². The van der Waals surface area contributed by atoms with Gasteiger partial charge in [0.05, 0.1) is 17.4 Å². The number of imidazole rings is 1. The highest BCUT2D eigenvalue weighted by atomic mass is 16.2. The number of Topliss-reactive ketones (excluding diaryl/α,β-unsaturated/α-hetero) is 1. The molecule has 1 amide bonds. The Kier molecular flexibility index (Phi) is 5.51. The lowest BCUT2D eigenvalue weighted by molar-refractivity contribution is -0.121. The molecule has 0 fully saturated rings. The van der Waals surface area contributed by atoms with Crippen LogP contribution in [0.1, 0.15) is 47.2 Å². The van der Waals surface area contributed by atoms with Crippen molar-refractivity contribution in [2.24, 2.45) is 0 Å². The zero-order valence-electron chi connectivity index (χ0n) is 16.0. The minimum Gasteiger partial charge on any atom is -0.356 e. The minimum absolute atomic E-state index is 0.0507. The van der Waals surface area contributed by atoms with E-state index in [1.54, 1.807) is 0 Å². The third kappa shape index (κ3) is 4.14. The van der Waals surface area contributed by atoms with Crippen molar-refractivity contribution in [3.63, 3.8) is 0 Å². The lowest BCUT2D eigenvalue weighted by Gasteiger charge is -2.07. The maximum absolute atomic E-state index is 12.4. The number of para-hydroxylation sites is 2. The fourth-order valence-electron chi connectivity index (χ4n) is 3.87. The molecule has 0 spiro atoms. The zero-order chi connectivity index (χ0) is 19.3. The maximum atomic E-state index is 12.4. The van der Waals surface area contributed by atoms with Gasteiger partial charge in [-0.05, 0) is 55.0 Å². The van der Waals surface area contributed by atoms with Crippen LogP contribution >= 0.6 is 0 Å². The van der Waals surface area contributed by atoms with E-state index in [9.17, 15) is 9.59 Å². The van der Waals surface area contributed by atoms with Gasteiger partial charge < -0.3 is 9.88 Å². The highest BCUT2D eigenvalue weighted by molar-refractivity contribution is 5.98. The first kappa shape index (κ1) is 18.4. The van der Waals surface area contributed by atoms with Gasteiger partial charge >= 0.3 is 0 Å². The number of carbonyl (C=O) groups excluding carboxylic acids is 2. The van der Waals surface area contributed by atoms with Crippen LogP contribution in [0, 0.1) is 0 Å². The molecular weight excluding hydrogens is 350 g/mol. The van der Waals surface area contributed by atoms with E-state index in [1.165, 1.54) is 17.5 Å². The second-order valence-corrected chi connectivity index (χ2v) is 7.39. The highest BCUT2D eigenvalue weighted by Gasteiger charge is 2.14. The van der Waals surface area contributed by atoms with Gasteiger partial charge in [0.15, 0.2) is 5.78 Å². The van der Waals surface area contributed by atoms with Crippen molar-refractivity contribution >= 4 is 22.7 Å². The summed E-state index contributed by atoms with van der Waals surface area (Å²) in [6.45, 7) is 1.40. The molecule has 0 saturated heterocycles. The number of aromatic nitrogens is 2. The third-order valence-corrected chi connectivity index (χ3v) is 5.42. The van der Waals surface area contributed by atoms with Crippen molar-refractivity contribution in [3.05, 3.63) is 65.5 Å². The number of hydrogen-bond donors (Lipinski definition) is 1. The van der Waals surface area contributed by atoms with E-state index in [1.807, 2.05) is 42.7 Å². The Morgan fingerprint density at radius 2 is 1.89 bits per heavy atom. The van der Waals surface area contributed by atoms with Gasteiger partial charge in [-0.3, -0.25) is 9.59 Å². The van der Waals surface area contributed by atoms with E-state index in [4.69, 9.17) is 0 Å². The van der Waals surface area contributed by atoms with Crippen LogP contribution in [0.4, 0.5) is 0 Å².